The van der Waals surface area contributed by atoms with Gasteiger partial charge in [-0.25, -0.2) is 4.79 Å². The summed E-state index contributed by atoms with van der Waals surface area (Å²) in [6.07, 6.45) is 0. The molecule has 0 aliphatic carbocycles. The smallest absolute Gasteiger partial charge is 0.324 e. The summed E-state index contributed by atoms with van der Waals surface area (Å²) in [6, 6.07) is 1.63. The highest BCUT2D eigenvalue weighted by Gasteiger charge is 2.28. The average Bonchev–Trinajstić information content (AvgIpc) is 3.19. The minimum atomic E-state index is -0.330. The molecule has 2 fully saturated rings. The van der Waals surface area contributed by atoms with Gasteiger partial charge in [0.1, 0.15) is 5.76 Å². The Morgan fingerprint density at radius 2 is 2.12 bits per heavy atom. The van der Waals surface area contributed by atoms with E-state index in [9.17, 15) is 9.59 Å². The Labute approximate surface area is 152 Å². The molecule has 0 saturated carbocycles. The fourth-order valence-electron chi connectivity index (χ4n) is 3.13. The molecule has 3 heterocycles. The summed E-state index contributed by atoms with van der Waals surface area (Å²) in [7, 11) is 1.74. The van der Waals surface area contributed by atoms with Crippen LogP contribution in [0.4, 0.5) is 4.79 Å². The number of rotatable bonds is 5. The molecule has 0 atom stereocenters. The van der Waals surface area contributed by atoms with Crippen LogP contribution in [-0.4, -0.2) is 90.6 Å². The number of amides is 3. The van der Waals surface area contributed by atoms with Gasteiger partial charge in [-0.15, -0.1) is 0 Å². The second-order valence-electron chi connectivity index (χ2n) is 6.37. The molecule has 0 unspecified atom stereocenters. The Kier molecular flexibility index (Phi) is 5.71. The number of imide groups is 1. The molecule has 2 saturated heterocycles. The van der Waals surface area contributed by atoms with Crippen LogP contribution in [0.2, 0.25) is 0 Å². The molecular formula is C16H25N7O3. The lowest BCUT2D eigenvalue weighted by Gasteiger charge is -2.36. The number of guanidine groups is 1. The van der Waals surface area contributed by atoms with E-state index in [2.05, 4.69) is 30.6 Å². The lowest BCUT2D eigenvalue weighted by molar-refractivity contribution is -0.124. The Hall–Kier alpha value is -2.62. The lowest BCUT2D eigenvalue weighted by atomic mass is 10.3. The zero-order chi connectivity index (χ0) is 18.5. The van der Waals surface area contributed by atoms with Crippen LogP contribution in [0.15, 0.2) is 15.6 Å². The number of nitrogens with zero attached hydrogens (tertiary/aromatic N) is 5. The number of piperazine rings is 1. The fraction of sp³-hybridized carbons (Fsp3) is 0.625. The van der Waals surface area contributed by atoms with E-state index in [1.165, 1.54) is 4.90 Å². The first-order valence-electron chi connectivity index (χ1n) is 8.75. The standard InChI is InChI=1S/C16H25N7O3/c1-12-9-13(20-26-12)11-21-5-7-22(8-6-21)15(17-2)18-3-4-23-14(24)10-19-16(23)25/h9H,3-8,10-11H2,1-2H3,(H,17,18)(H,19,25). The van der Waals surface area contributed by atoms with Gasteiger partial charge in [0, 0.05) is 58.9 Å². The topological polar surface area (TPSA) is 106 Å². The van der Waals surface area contributed by atoms with E-state index in [0.717, 1.165) is 50.1 Å². The second kappa shape index (κ2) is 8.17. The van der Waals surface area contributed by atoms with E-state index in [0.29, 0.717) is 13.1 Å². The van der Waals surface area contributed by atoms with Crippen LogP contribution in [0.5, 0.6) is 0 Å². The SMILES string of the molecule is CN=C(NCCN1C(=O)CNC1=O)N1CCN(Cc2cc(C)on2)CC1. The van der Waals surface area contributed by atoms with Crippen LogP contribution < -0.4 is 10.6 Å². The first-order valence-corrected chi connectivity index (χ1v) is 8.75. The summed E-state index contributed by atoms with van der Waals surface area (Å²) in [5, 5.41) is 9.78. The van der Waals surface area contributed by atoms with Crippen molar-refractivity contribution in [3.05, 3.63) is 17.5 Å². The first kappa shape index (κ1) is 18.2. The molecular weight excluding hydrogens is 338 g/mol. The lowest BCUT2D eigenvalue weighted by Crippen LogP contribution is -2.53. The van der Waals surface area contributed by atoms with Crippen molar-refractivity contribution < 1.29 is 14.1 Å². The molecule has 0 aromatic carbocycles. The molecule has 1 aromatic rings. The third-order valence-corrected chi connectivity index (χ3v) is 4.50. The van der Waals surface area contributed by atoms with Gasteiger partial charge in [0.05, 0.1) is 12.2 Å². The molecule has 0 radical (unpaired) electrons. The summed E-state index contributed by atoms with van der Waals surface area (Å²) >= 11 is 0. The van der Waals surface area contributed by atoms with Crippen LogP contribution in [0.3, 0.4) is 0 Å². The molecule has 10 heteroatoms. The van der Waals surface area contributed by atoms with E-state index in [-0.39, 0.29) is 18.5 Å². The number of aliphatic imine (C=N–C) groups is 1. The van der Waals surface area contributed by atoms with Crippen molar-refractivity contribution in [2.24, 2.45) is 4.99 Å². The maximum atomic E-state index is 11.6. The van der Waals surface area contributed by atoms with Crippen molar-refractivity contribution in [1.29, 1.82) is 0 Å². The normalized spacial score (nSPS) is 19.2. The number of aromatic nitrogens is 1. The zero-order valence-corrected chi connectivity index (χ0v) is 15.2. The molecule has 142 valence electrons. The molecule has 2 aliphatic rings. The van der Waals surface area contributed by atoms with Crippen molar-refractivity contribution >= 4 is 17.9 Å². The van der Waals surface area contributed by atoms with Gasteiger partial charge in [0.15, 0.2) is 5.96 Å². The van der Waals surface area contributed by atoms with Gasteiger partial charge < -0.3 is 20.1 Å². The minimum Gasteiger partial charge on any atom is -0.361 e. The number of nitrogens with one attached hydrogen (secondary N) is 2. The highest BCUT2D eigenvalue weighted by Crippen LogP contribution is 2.09. The van der Waals surface area contributed by atoms with E-state index in [1.807, 2.05) is 13.0 Å². The third-order valence-electron chi connectivity index (χ3n) is 4.50. The summed E-state index contributed by atoms with van der Waals surface area (Å²) in [5.41, 5.74) is 0.951. The minimum absolute atomic E-state index is 0.0839. The van der Waals surface area contributed by atoms with Crippen molar-refractivity contribution in [2.75, 3.05) is 52.9 Å². The molecule has 26 heavy (non-hydrogen) atoms. The van der Waals surface area contributed by atoms with Crippen LogP contribution >= 0.6 is 0 Å². The number of carbonyl (C=O) groups excluding carboxylic acids is 2. The Morgan fingerprint density at radius 1 is 1.35 bits per heavy atom. The molecule has 3 rings (SSSR count). The van der Waals surface area contributed by atoms with E-state index >= 15 is 0 Å². The molecule has 2 aliphatic heterocycles. The fourth-order valence-corrected chi connectivity index (χ4v) is 3.13. The van der Waals surface area contributed by atoms with Gasteiger partial charge in [-0.2, -0.15) is 0 Å². The molecule has 10 nitrogen and oxygen atoms in total. The maximum absolute atomic E-state index is 11.6. The van der Waals surface area contributed by atoms with Crippen molar-refractivity contribution in [2.45, 2.75) is 13.5 Å². The Balaban J connectivity index is 1.42. The predicted octanol–water partition coefficient (Wildman–Crippen LogP) is -0.772. The molecule has 0 bridgehead atoms. The molecule has 2 N–H and O–H groups in total. The number of hydrogen-bond donors (Lipinski definition) is 2. The van der Waals surface area contributed by atoms with E-state index in [1.54, 1.807) is 7.05 Å². The van der Waals surface area contributed by atoms with E-state index in [4.69, 9.17) is 4.52 Å². The number of carbonyl (C=O) groups is 2. The molecule has 3 amide bonds. The first-order chi connectivity index (χ1) is 12.6. The third kappa shape index (κ3) is 4.31. The second-order valence-corrected chi connectivity index (χ2v) is 6.37. The van der Waals surface area contributed by atoms with Gasteiger partial charge in [-0.05, 0) is 6.92 Å². The zero-order valence-electron chi connectivity index (χ0n) is 15.2. The quantitative estimate of drug-likeness (QED) is 0.402. The summed E-state index contributed by atoms with van der Waals surface area (Å²) in [4.78, 5) is 33.1. The monoisotopic (exact) mass is 363 g/mol. The number of urea groups is 1. The van der Waals surface area contributed by atoms with Crippen LogP contribution in [0, 0.1) is 6.92 Å². The largest absolute Gasteiger partial charge is 0.361 e. The van der Waals surface area contributed by atoms with Gasteiger partial charge in [0.2, 0.25) is 5.91 Å². The number of hydrogen-bond acceptors (Lipinski definition) is 6. The Bertz CT molecular complexity index is 663. The summed E-state index contributed by atoms with van der Waals surface area (Å²) < 4.78 is 5.11. The van der Waals surface area contributed by atoms with Crippen molar-refractivity contribution in [3.63, 3.8) is 0 Å². The average molecular weight is 363 g/mol. The van der Waals surface area contributed by atoms with E-state index < -0.39 is 0 Å². The maximum Gasteiger partial charge on any atom is 0.324 e. The van der Waals surface area contributed by atoms with Crippen LogP contribution in [0.25, 0.3) is 0 Å². The summed E-state index contributed by atoms with van der Waals surface area (Å²) in [6.45, 7) is 7.06. The van der Waals surface area contributed by atoms with Gasteiger partial charge in [0.25, 0.3) is 0 Å². The highest BCUT2D eigenvalue weighted by atomic mass is 16.5. The van der Waals surface area contributed by atoms with Crippen molar-refractivity contribution in [3.8, 4) is 0 Å². The molecule has 1 aromatic heterocycles. The molecule has 0 spiro atoms. The van der Waals surface area contributed by atoms with Crippen LogP contribution in [0.1, 0.15) is 11.5 Å². The Morgan fingerprint density at radius 3 is 2.69 bits per heavy atom. The number of aryl methyl sites for hydroxylation is 1. The summed E-state index contributed by atoms with van der Waals surface area (Å²) in [5.74, 6) is 1.42. The van der Waals surface area contributed by atoms with Gasteiger partial charge in [-0.1, -0.05) is 5.16 Å². The highest BCUT2D eigenvalue weighted by molar-refractivity contribution is 6.01. The van der Waals surface area contributed by atoms with Gasteiger partial charge >= 0.3 is 6.03 Å². The predicted molar refractivity (Wildman–Crippen MR) is 94.6 cm³/mol. The van der Waals surface area contributed by atoms with Crippen molar-refractivity contribution in [1.82, 2.24) is 30.5 Å². The van der Waals surface area contributed by atoms with Crippen LogP contribution in [-0.2, 0) is 11.3 Å². The van der Waals surface area contributed by atoms with Gasteiger partial charge in [-0.3, -0.25) is 19.6 Å².